The van der Waals surface area contributed by atoms with E-state index in [1.807, 2.05) is 12.1 Å². The van der Waals surface area contributed by atoms with Gasteiger partial charge in [-0.3, -0.25) is 0 Å². The fraction of sp³-hybridized carbons (Fsp3) is 0.250. The first-order valence-corrected chi connectivity index (χ1v) is 4.37. The van der Waals surface area contributed by atoms with Gasteiger partial charge in [-0.1, -0.05) is 15.9 Å². The number of halogens is 1. The van der Waals surface area contributed by atoms with Crippen molar-refractivity contribution >= 4 is 29.6 Å². The van der Waals surface area contributed by atoms with Gasteiger partial charge >= 0.3 is 0 Å². The van der Waals surface area contributed by atoms with Gasteiger partial charge in [-0.15, -0.1) is 0 Å². The number of benzene rings is 1. The second kappa shape index (κ2) is 2.56. The van der Waals surface area contributed by atoms with Crippen LogP contribution in [0.3, 0.4) is 0 Å². The highest BCUT2D eigenvalue weighted by Gasteiger charge is 2.13. The van der Waals surface area contributed by atoms with E-state index in [-0.39, 0.29) is 0 Å². The average molecular weight is 208 g/mol. The standard InChI is InChI=1S/C8H7BBrN/c9-11-4-3-6-5-7(10)1-2-8(6)11/h1-2,5H,3-4H2. The lowest BCUT2D eigenvalue weighted by Crippen LogP contribution is -2.14. The molecular weight excluding hydrogens is 201 g/mol. The molecule has 54 valence electrons. The van der Waals surface area contributed by atoms with Crippen molar-refractivity contribution in [3.8, 4) is 0 Å². The Bertz CT molecular complexity index is 287. The predicted molar refractivity (Wildman–Crippen MR) is 50.9 cm³/mol. The normalized spacial score (nSPS) is 15.2. The first kappa shape index (κ1) is 7.23. The van der Waals surface area contributed by atoms with Gasteiger partial charge in [0.2, 0.25) is 7.98 Å². The van der Waals surface area contributed by atoms with E-state index in [1.165, 1.54) is 5.56 Å². The number of fused-ring (bicyclic) bond motifs is 1. The van der Waals surface area contributed by atoms with Crippen molar-refractivity contribution in [2.45, 2.75) is 6.42 Å². The van der Waals surface area contributed by atoms with Gasteiger partial charge in [0.1, 0.15) is 0 Å². The van der Waals surface area contributed by atoms with Gasteiger partial charge in [-0.25, -0.2) is 0 Å². The molecule has 1 aliphatic rings. The van der Waals surface area contributed by atoms with Crippen molar-refractivity contribution in [2.24, 2.45) is 0 Å². The Hall–Kier alpha value is -0.435. The Kier molecular flexibility index (Phi) is 1.68. The zero-order chi connectivity index (χ0) is 7.84. The summed E-state index contributed by atoms with van der Waals surface area (Å²) in [4.78, 5) is 1.79. The summed E-state index contributed by atoms with van der Waals surface area (Å²) >= 11 is 3.43. The molecule has 3 heteroatoms. The van der Waals surface area contributed by atoms with E-state index in [0.29, 0.717) is 0 Å². The maximum absolute atomic E-state index is 5.71. The predicted octanol–water partition coefficient (Wildman–Crippen LogP) is 1.90. The quantitative estimate of drug-likeness (QED) is 0.588. The Morgan fingerprint density at radius 1 is 1.45 bits per heavy atom. The molecule has 1 aromatic carbocycles. The Morgan fingerprint density at radius 3 is 3.09 bits per heavy atom. The van der Waals surface area contributed by atoms with E-state index in [4.69, 9.17) is 7.98 Å². The summed E-state index contributed by atoms with van der Waals surface area (Å²) in [6, 6.07) is 6.19. The smallest absolute Gasteiger partial charge is 0.226 e. The summed E-state index contributed by atoms with van der Waals surface area (Å²) in [7, 11) is 5.71. The summed E-state index contributed by atoms with van der Waals surface area (Å²) < 4.78 is 1.13. The van der Waals surface area contributed by atoms with E-state index in [0.717, 1.165) is 23.1 Å². The third-order valence-corrected chi connectivity index (χ3v) is 2.47. The first-order valence-electron chi connectivity index (χ1n) is 3.58. The third-order valence-electron chi connectivity index (χ3n) is 1.97. The fourth-order valence-corrected chi connectivity index (χ4v) is 1.80. The summed E-state index contributed by atoms with van der Waals surface area (Å²) in [6.07, 6.45) is 1.06. The van der Waals surface area contributed by atoms with Crippen LogP contribution in [0.1, 0.15) is 5.56 Å². The molecule has 0 N–H and O–H groups in total. The van der Waals surface area contributed by atoms with Gasteiger partial charge in [-0.2, -0.15) is 0 Å². The van der Waals surface area contributed by atoms with Crippen molar-refractivity contribution in [1.82, 2.24) is 0 Å². The highest BCUT2D eigenvalue weighted by atomic mass is 79.9. The second-order valence-electron chi connectivity index (χ2n) is 2.72. The van der Waals surface area contributed by atoms with Crippen LogP contribution in [-0.2, 0) is 6.42 Å². The number of rotatable bonds is 0. The lowest BCUT2D eigenvalue weighted by atomic mass is 10.2. The summed E-state index contributed by atoms with van der Waals surface area (Å²) in [5.74, 6) is 0. The molecule has 0 bridgehead atoms. The minimum Gasteiger partial charge on any atom is -0.424 e. The highest BCUT2D eigenvalue weighted by Crippen LogP contribution is 2.28. The Labute approximate surface area is 76.0 Å². The Morgan fingerprint density at radius 2 is 2.27 bits per heavy atom. The second-order valence-corrected chi connectivity index (χ2v) is 3.63. The van der Waals surface area contributed by atoms with Gasteiger partial charge in [0.05, 0.1) is 0 Å². The van der Waals surface area contributed by atoms with Crippen LogP contribution in [0.25, 0.3) is 0 Å². The SMILES string of the molecule is [B]N1CCc2cc(Br)ccc21. The molecule has 2 rings (SSSR count). The monoisotopic (exact) mass is 207 g/mol. The van der Waals surface area contributed by atoms with Crippen LogP contribution >= 0.6 is 15.9 Å². The molecule has 1 heterocycles. The van der Waals surface area contributed by atoms with Crippen LogP contribution < -0.4 is 4.81 Å². The molecule has 0 saturated carbocycles. The average Bonchev–Trinajstić information content (AvgIpc) is 2.32. The van der Waals surface area contributed by atoms with Crippen molar-refractivity contribution in [3.63, 3.8) is 0 Å². The van der Waals surface area contributed by atoms with Crippen molar-refractivity contribution in [2.75, 3.05) is 11.4 Å². The molecule has 0 unspecified atom stereocenters. The molecule has 1 nitrogen and oxygen atoms in total. The molecule has 1 aliphatic heterocycles. The molecule has 1 aromatic rings. The fourth-order valence-electron chi connectivity index (χ4n) is 1.40. The van der Waals surface area contributed by atoms with Crippen LogP contribution in [0, 0.1) is 0 Å². The first-order chi connectivity index (χ1) is 5.27. The summed E-state index contributed by atoms with van der Waals surface area (Å²) in [6.45, 7) is 0.936. The number of nitrogens with zero attached hydrogens (tertiary/aromatic N) is 1. The van der Waals surface area contributed by atoms with Crippen molar-refractivity contribution in [1.29, 1.82) is 0 Å². The zero-order valence-corrected chi connectivity index (χ0v) is 7.63. The van der Waals surface area contributed by atoms with E-state index >= 15 is 0 Å². The molecule has 0 amide bonds. The molecule has 0 fully saturated rings. The lowest BCUT2D eigenvalue weighted by molar-refractivity contribution is 1.05. The molecule has 0 saturated heterocycles. The van der Waals surface area contributed by atoms with Crippen LogP contribution in [0.15, 0.2) is 22.7 Å². The molecule has 2 radical (unpaired) electrons. The molecule has 11 heavy (non-hydrogen) atoms. The van der Waals surface area contributed by atoms with E-state index in [1.54, 1.807) is 4.81 Å². The van der Waals surface area contributed by atoms with Gasteiger partial charge in [-0.05, 0) is 30.2 Å². The van der Waals surface area contributed by atoms with Crippen LogP contribution in [0.4, 0.5) is 5.69 Å². The lowest BCUT2D eigenvalue weighted by Gasteiger charge is -2.11. The summed E-state index contributed by atoms with van der Waals surface area (Å²) in [5.41, 5.74) is 2.50. The van der Waals surface area contributed by atoms with Crippen molar-refractivity contribution < 1.29 is 0 Å². The van der Waals surface area contributed by atoms with Gasteiger partial charge in [0.25, 0.3) is 0 Å². The summed E-state index contributed by atoms with van der Waals surface area (Å²) in [5, 5.41) is 0. The van der Waals surface area contributed by atoms with Crippen LogP contribution in [0.5, 0.6) is 0 Å². The van der Waals surface area contributed by atoms with Crippen LogP contribution in [0.2, 0.25) is 0 Å². The third kappa shape index (κ3) is 1.18. The molecule has 0 spiro atoms. The van der Waals surface area contributed by atoms with Crippen LogP contribution in [-0.4, -0.2) is 14.5 Å². The minimum absolute atomic E-state index is 0.936. The van der Waals surface area contributed by atoms with Gasteiger partial charge < -0.3 is 4.81 Å². The highest BCUT2D eigenvalue weighted by molar-refractivity contribution is 9.10. The van der Waals surface area contributed by atoms with Crippen molar-refractivity contribution in [3.05, 3.63) is 28.2 Å². The maximum atomic E-state index is 5.71. The number of anilines is 1. The number of hydrogen-bond donors (Lipinski definition) is 0. The topological polar surface area (TPSA) is 3.24 Å². The Balaban J connectivity index is 2.50. The molecular formula is C8H7BBrN. The zero-order valence-electron chi connectivity index (χ0n) is 6.05. The van der Waals surface area contributed by atoms with Gasteiger partial charge in [0, 0.05) is 16.7 Å². The number of hydrogen-bond acceptors (Lipinski definition) is 1. The van der Waals surface area contributed by atoms with Gasteiger partial charge in [0.15, 0.2) is 0 Å². The van der Waals surface area contributed by atoms with E-state index in [2.05, 4.69) is 22.0 Å². The molecule has 0 atom stereocenters. The largest absolute Gasteiger partial charge is 0.424 e. The minimum atomic E-state index is 0.936. The van der Waals surface area contributed by atoms with E-state index in [9.17, 15) is 0 Å². The molecule has 0 aliphatic carbocycles. The van der Waals surface area contributed by atoms with E-state index < -0.39 is 0 Å². The molecule has 0 aromatic heterocycles. The maximum Gasteiger partial charge on any atom is 0.226 e.